The van der Waals surface area contributed by atoms with Crippen LogP contribution in [0.2, 0.25) is 0 Å². The number of aryl methyl sites for hydroxylation is 1. The molecule has 2 aliphatic heterocycles. The fourth-order valence-electron chi connectivity index (χ4n) is 4.37. The molecule has 4 rings (SSSR count). The molecule has 2 aliphatic rings. The average molecular weight is 353 g/mol. The van der Waals surface area contributed by atoms with Crippen molar-refractivity contribution in [1.29, 1.82) is 0 Å². The molecule has 0 radical (unpaired) electrons. The van der Waals surface area contributed by atoms with Crippen LogP contribution in [0, 0.1) is 18.8 Å². The molecule has 4 heteroatoms. The van der Waals surface area contributed by atoms with Crippen molar-refractivity contribution in [2.45, 2.75) is 17.9 Å². The first-order valence-corrected chi connectivity index (χ1v) is 10.1. The summed E-state index contributed by atoms with van der Waals surface area (Å²) in [4.78, 5) is 16.6. The van der Waals surface area contributed by atoms with Gasteiger partial charge in [-0.3, -0.25) is 4.79 Å². The number of hydrogen-bond donors (Lipinski definition) is 1. The van der Waals surface area contributed by atoms with Gasteiger partial charge < -0.3 is 10.2 Å². The highest BCUT2D eigenvalue weighted by Gasteiger charge is 2.47. The largest absolute Gasteiger partial charge is 0.331 e. The number of benzene rings is 2. The molecule has 2 aromatic rings. The van der Waals surface area contributed by atoms with Crippen molar-refractivity contribution < 1.29 is 4.79 Å². The van der Waals surface area contributed by atoms with Crippen molar-refractivity contribution in [2.75, 3.05) is 25.9 Å². The number of fused-ring (bicyclic) bond motifs is 1. The first kappa shape index (κ1) is 16.7. The molecule has 0 unspecified atom stereocenters. The van der Waals surface area contributed by atoms with Crippen LogP contribution in [0.4, 0.5) is 0 Å². The highest BCUT2D eigenvalue weighted by Crippen LogP contribution is 2.44. The fraction of sp³-hybridized carbons (Fsp3) is 0.381. The molecule has 2 heterocycles. The Morgan fingerprint density at radius 2 is 2.00 bits per heavy atom. The van der Waals surface area contributed by atoms with E-state index in [-0.39, 0.29) is 11.9 Å². The van der Waals surface area contributed by atoms with Gasteiger partial charge >= 0.3 is 0 Å². The number of hydrogen-bond acceptors (Lipinski definition) is 3. The van der Waals surface area contributed by atoms with E-state index < -0.39 is 0 Å². The maximum atomic E-state index is 13.3. The molecule has 1 N–H and O–H groups in total. The number of nitrogens with one attached hydrogen (secondary N) is 1. The molecular weight excluding hydrogens is 328 g/mol. The van der Waals surface area contributed by atoms with Crippen LogP contribution in [0.5, 0.6) is 0 Å². The Bertz CT molecular complexity index is 791. The second-order valence-electron chi connectivity index (χ2n) is 7.07. The SMILES string of the molecule is CSc1cccc(C(=O)N2C[C@@H]3CNC[C@@H]3[C@H]2c2ccccc2C)c1. The van der Waals surface area contributed by atoms with E-state index in [1.807, 2.05) is 24.5 Å². The number of carbonyl (C=O) groups is 1. The maximum Gasteiger partial charge on any atom is 0.254 e. The standard InChI is InChI=1S/C21H24N2OS/c1-14-6-3-4-9-18(14)20-19-12-22-11-16(19)13-23(20)21(24)15-7-5-8-17(10-15)25-2/h3-10,16,19-20,22H,11-13H2,1-2H3/t16-,19-,20+/m0/s1. The summed E-state index contributed by atoms with van der Waals surface area (Å²) in [5.41, 5.74) is 3.38. The topological polar surface area (TPSA) is 32.3 Å². The summed E-state index contributed by atoms with van der Waals surface area (Å²) < 4.78 is 0. The number of nitrogens with zero attached hydrogens (tertiary/aromatic N) is 1. The highest BCUT2D eigenvalue weighted by molar-refractivity contribution is 7.98. The lowest BCUT2D eigenvalue weighted by Crippen LogP contribution is -2.35. The predicted molar refractivity (Wildman–Crippen MR) is 103 cm³/mol. The van der Waals surface area contributed by atoms with Crippen LogP contribution in [0.1, 0.15) is 27.5 Å². The molecule has 3 atom stereocenters. The van der Waals surface area contributed by atoms with Gasteiger partial charge in [-0.1, -0.05) is 30.3 Å². The summed E-state index contributed by atoms with van der Waals surface area (Å²) in [7, 11) is 0. The number of amides is 1. The Hall–Kier alpha value is -1.78. The Labute approximate surface area is 153 Å². The lowest BCUT2D eigenvalue weighted by atomic mass is 9.87. The van der Waals surface area contributed by atoms with Gasteiger partial charge in [0.05, 0.1) is 6.04 Å². The van der Waals surface area contributed by atoms with Gasteiger partial charge in [0.1, 0.15) is 0 Å². The molecule has 2 saturated heterocycles. The first-order chi connectivity index (χ1) is 12.2. The van der Waals surface area contributed by atoms with Gasteiger partial charge in [-0.2, -0.15) is 0 Å². The third-order valence-corrected chi connectivity index (χ3v) is 6.37. The molecule has 1 amide bonds. The number of likely N-dealkylation sites (tertiary alicyclic amines) is 1. The summed E-state index contributed by atoms with van der Waals surface area (Å²) in [6.45, 7) is 5.01. The number of thioether (sulfide) groups is 1. The monoisotopic (exact) mass is 352 g/mol. The van der Waals surface area contributed by atoms with Gasteiger partial charge in [0.2, 0.25) is 0 Å². The van der Waals surface area contributed by atoms with E-state index in [9.17, 15) is 4.79 Å². The van der Waals surface area contributed by atoms with Crippen LogP contribution in [0.3, 0.4) is 0 Å². The van der Waals surface area contributed by atoms with Crippen molar-refractivity contribution >= 4 is 17.7 Å². The van der Waals surface area contributed by atoms with Crippen molar-refractivity contribution in [3.63, 3.8) is 0 Å². The van der Waals surface area contributed by atoms with Crippen LogP contribution in [-0.2, 0) is 0 Å². The Morgan fingerprint density at radius 1 is 1.16 bits per heavy atom. The predicted octanol–water partition coefficient (Wildman–Crippen LogP) is 3.75. The molecule has 2 fully saturated rings. The van der Waals surface area contributed by atoms with Crippen LogP contribution in [0.25, 0.3) is 0 Å². The van der Waals surface area contributed by atoms with Crippen molar-refractivity contribution in [2.24, 2.45) is 11.8 Å². The van der Waals surface area contributed by atoms with Gasteiger partial charge in [-0.25, -0.2) is 0 Å². The van der Waals surface area contributed by atoms with Gasteiger partial charge in [0.15, 0.2) is 0 Å². The Kier molecular flexibility index (Phi) is 4.57. The van der Waals surface area contributed by atoms with Gasteiger partial charge in [0.25, 0.3) is 5.91 Å². The molecule has 2 aromatic carbocycles. The normalized spacial score (nSPS) is 25.2. The van der Waals surface area contributed by atoms with E-state index in [0.717, 1.165) is 30.1 Å². The molecule has 0 saturated carbocycles. The van der Waals surface area contributed by atoms with Crippen LogP contribution >= 0.6 is 11.8 Å². The number of rotatable bonds is 3. The second kappa shape index (κ2) is 6.85. The molecular formula is C21H24N2OS. The van der Waals surface area contributed by atoms with E-state index in [4.69, 9.17) is 0 Å². The summed E-state index contributed by atoms with van der Waals surface area (Å²) in [6.07, 6.45) is 2.05. The highest BCUT2D eigenvalue weighted by atomic mass is 32.2. The van der Waals surface area contributed by atoms with Crippen molar-refractivity contribution in [3.8, 4) is 0 Å². The molecule has 25 heavy (non-hydrogen) atoms. The summed E-state index contributed by atoms with van der Waals surface area (Å²) >= 11 is 1.68. The van der Waals surface area contributed by atoms with Gasteiger partial charge in [-0.05, 0) is 48.4 Å². The summed E-state index contributed by atoms with van der Waals surface area (Å²) in [6, 6.07) is 16.7. The lowest BCUT2D eigenvalue weighted by Gasteiger charge is -2.29. The Morgan fingerprint density at radius 3 is 2.80 bits per heavy atom. The number of carbonyl (C=O) groups excluding carboxylic acids is 1. The van der Waals surface area contributed by atoms with Crippen LogP contribution < -0.4 is 5.32 Å². The molecule has 0 spiro atoms. The van der Waals surface area contributed by atoms with Crippen molar-refractivity contribution in [3.05, 3.63) is 65.2 Å². The van der Waals surface area contributed by atoms with E-state index in [2.05, 4.69) is 47.5 Å². The average Bonchev–Trinajstić information content (AvgIpc) is 3.23. The van der Waals surface area contributed by atoms with E-state index in [1.165, 1.54) is 11.1 Å². The second-order valence-corrected chi connectivity index (χ2v) is 7.95. The van der Waals surface area contributed by atoms with Crippen molar-refractivity contribution in [1.82, 2.24) is 10.2 Å². The summed E-state index contributed by atoms with van der Waals surface area (Å²) in [5, 5.41) is 3.52. The van der Waals surface area contributed by atoms with Crippen LogP contribution in [-0.4, -0.2) is 36.7 Å². The van der Waals surface area contributed by atoms with E-state index >= 15 is 0 Å². The quantitative estimate of drug-likeness (QED) is 0.854. The molecule has 130 valence electrons. The lowest BCUT2D eigenvalue weighted by molar-refractivity contribution is 0.0713. The van der Waals surface area contributed by atoms with E-state index in [1.54, 1.807) is 11.8 Å². The Balaban J connectivity index is 1.71. The van der Waals surface area contributed by atoms with Gasteiger partial charge in [-0.15, -0.1) is 11.8 Å². The third kappa shape index (κ3) is 2.98. The molecule has 3 nitrogen and oxygen atoms in total. The third-order valence-electron chi connectivity index (χ3n) is 5.65. The smallest absolute Gasteiger partial charge is 0.254 e. The summed E-state index contributed by atoms with van der Waals surface area (Å²) in [5.74, 6) is 1.23. The fourth-order valence-corrected chi connectivity index (χ4v) is 4.83. The molecule has 0 aliphatic carbocycles. The first-order valence-electron chi connectivity index (χ1n) is 8.90. The minimum absolute atomic E-state index is 0.165. The zero-order valence-electron chi connectivity index (χ0n) is 14.7. The minimum Gasteiger partial charge on any atom is -0.331 e. The van der Waals surface area contributed by atoms with Crippen LogP contribution in [0.15, 0.2) is 53.4 Å². The molecule has 0 aromatic heterocycles. The molecule has 0 bridgehead atoms. The minimum atomic E-state index is 0.165. The van der Waals surface area contributed by atoms with Gasteiger partial charge in [0, 0.05) is 36.0 Å². The maximum absolute atomic E-state index is 13.3. The zero-order chi connectivity index (χ0) is 17.4. The van der Waals surface area contributed by atoms with E-state index in [0.29, 0.717) is 11.8 Å². The zero-order valence-corrected chi connectivity index (χ0v) is 15.6.